The lowest BCUT2D eigenvalue weighted by Gasteiger charge is -2.19. The van der Waals surface area contributed by atoms with E-state index in [1.807, 2.05) is 24.3 Å². The van der Waals surface area contributed by atoms with Gasteiger partial charge in [-0.3, -0.25) is 9.59 Å². The molecule has 0 aliphatic carbocycles. The Morgan fingerprint density at radius 3 is 2.40 bits per heavy atom. The molecule has 1 atom stereocenters. The zero-order chi connectivity index (χ0) is 17.6. The molecule has 25 heavy (non-hydrogen) atoms. The van der Waals surface area contributed by atoms with E-state index in [2.05, 4.69) is 21.1 Å². The van der Waals surface area contributed by atoms with E-state index < -0.39 is 11.5 Å². The second-order valence-corrected chi connectivity index (χ2v) is 7.35. The van der Waals surface area contributed by atoms with Gasteiger partial charge in [0.25, 0.3) is 5.91 Å². The van der Waals surface area contributed by atoms with Gasteiger partial charge in [-0.1, -0.05) is 44.8 Å². The number of nitrogens with zero attached hydrogens (tertiary/aromatic N) is 2. The lowest BCUT2D eigenvalue weighted by molar-refractivity contribution is -0.136. The number of benzene rings is 2. The fourth-order valence-corrected chi connectivity index (χ4v) is 3.44. The molecule has 126 valence electrons. The number of imide groups is 1. The molecule has 0 aromatic heterocycles. The Labute approximate surface area is 157 Å². The number of anilines is 1. The fourth-order valence-electron chi connectivity index (χ4n) is 3.05. The van der Waals surface area contributed by atoms with E-state index in [0.717, 1.165) is 14.9 Å². The van der Waals surface area contributed by atoms with Gasteiger partial charge < -0.3 is 4.84 Å². The average molecular weight is 420 g/mol. The predicted molar refractivity (Wildman–Crippen MR) is 97.7 cm³/mol. The van der Waals surface area contributed by atoms with Crippen LogP contribution in [0.25, 0.3) is 0 Å². The summed E-state index contributed by atoms with van der Waals surface area (Å²) in [6.45, 7) is 0. The van der Waals surface area contributed by atoms with Crippen LogP contribution in [0, 0.1) is 0 Å². The maximum absolute atomic E-state index is 12.9. The molecule has 2 amide bonds. The third-order valence-corrected chi connectivity index (χ3v) is 5.11. The van der Waals surface area contributed by atoms with Crippen LogP contribution in [0.1, 0.15) is 18.4 Å². The van der Waals surface area contributed by atoms with Gasteiger partial charge in [-0.05, 0) is 42.0 Å². The van der Waals surface area contributed by atoms with Crippen LogP contribution in [0.3, 0.4) is 0 Å². The maximum atomic E-state index is 12.9. The first-order chi connectivity index (χ1) is 12.0. The van der Waals surface area contributed by atoms with Gasteiger partial charge in [0.15, 0.2) is 0 Å². The Morgan fingerprint density at radius 2 is 1.72 bits per heavy atom. The summed E-state index contributed by atoms with van der Waals surface area (Å²) in [5.74, 6) is -0.699. The minimum atomic E-state index is -1.25. The van der Waals surface area contributed by atoms with Crippen molar-refractivity contribution < 1.29 is 14.4 Å². The highest BCUT2D eigenvalue weighted by Gasteiger charge is 2.58. The van der Waals surface area contributed by atoms with Crippen LogP contribution in [0.15, 0.2) is 58.2 Å². The van der Waals surface area contributed by atoms with Crippen LogP contribution in [0.4, 0.5) is 5.69 Å². The fraction of sp³-hybridized carbons (Fsp3) is 0.167. The van der Waals surface area contributed by atoms with E-state index in [1.165, 1.54) is 0 Å². The quantitative estimate of drug-likeness (QED) is 0.693. The van der Waals surface area contributed by atoms with Crippen molar-refractivity contribution >= 4 is 50.7 Å². The van der Waals surface area contributed by atoms with Gasteiger partial charge in [-0.25, -0.2) is 4.90 Å². The third-order valence-electron chi connectivity index (χ3n) is 4.32. The lowest BCUT2D eigenvalue weighted by Crippen LogP contribution is -2.40. The molecule has 1 unspecified atom stereocenters. The average Bonchev–Trinajstić information content (AvgIpc) is 3.12. The van der Waals surface area contributed by atoms with Gasteiger partial charge in [0.1, 0.15) is 0 Å². The Bertz CT molecular complexity index is 896. The van der Waals surface area contributed by atoms with Crippen molar-refractivity contribution in [3.63, 3.8) is 0 Å². The summed E-state index contributed by atoms with van der Waals surface area (Å²) in [6, 6.07) is 14.1. The third kappa shape index (κ3) is 2.75. The summed E-state index contributed by atoms with van der Waals surface area (Å²) < 4.78 is 0.950. The molecule has 0 saturated carbocycles. The Kier molecular flexibility index (Phi) is 3.89. The van der Waals surface area contributed by atoms with Gasteiger partial charge >= 0.3 is 0 Å². The van der Waals surface area contributed by atoms with Crippen LogP contribution in [0.2, 0.25) is 5.02 Å². The van der Waals surface area contributed by atoms with Crippen molar-refractivity contribution in [1.29, 1.82) is 0 Å². The number of halogens is 2. The molecule has 2 aliphatic heterocycles. The highest BCUT2D eigenvalue weighted by molar-refractivity contribution is 9.10. The molecular weight excluding hydrogens is 408 g/mol. The number of carbonyl (C=O) groups is 2. The highest BCUT2D eigenvalue weighted by Crippen LogP contribution is 2.39. The SMILES string of the molecule is O=C1CC2(CC(c3ccc(Br)cc3)=NO2)C(=O)N1c1ccc(Cl)cc1. The van der Waals surface area contributed by atoms with E-state index in [1.54, 1.807) is 24.3 Å². The number of carbonyl (C=O) groups excluding carboxylic acids is 2. The molecule has 2 aromatic rings. The van der Waals surface area contributed by atoms with Gasteiger partial charge in [0, 0.05) is 15.9 Å². The zero-order valence-electron chi connectivity index (χ0n) is 12.9. The summed E-state index contributed by atoms with van der Waals surface area (Å²) in [6.07, 6.45) is 0.237. The standard InChI is InChI=1S/C18H12BrClN2O3/c19-12-3-1-11(2-4-12)15-9-18(25-21-15)10-16(23)22(17(18)24)14-7-5-13(20)6-8-14/h1-8H,9-10H2. The minimum absolute atomic E-state index is 0.0298. The second kappa shape index (κ2) is 5.97. The summed E-state index contributed by atoms with van der Waals surface area (Å²) in [4.78, 5) is 32.0. The molecule has 2 aromatic carbocycles. The highest BCUT2D eigenvalue weighted by atomic mass is 79.9. The maximum Gasteiger partial charge on any atom is 0.281 e. The first-order valence-electron chi connectivity index (χ1n) is 7.62. The molecule has 1 fully saturated rings. The van der Waals surface area contributed by atoms with Crippen LogP contribution < -0.4 is 4.90 Å². The molecule has 1 spiro atoms. The largest absolute Gasteiger partial charge is 0.378 e. The molecule has 7 heteroatoms. The topological polar surface area (TPSA) is 59.0 Å². The molecule has 2 heterocycles. The van der Waals surface area contributed by atoms with Crippen molar-refractivity contribution in [2.45, 2.75) is 18.4 Å². The van der Waals surface area contributed by atoms with E-state index in [0.29, 0.717) is 16.4 Å². The van der Waals surface area contributed by atoms with E-state index in [4.69, 9.17) is 16.4 Å². The predicted octanol–water partition coefficient (Wildman–Crippen LogP) is 3.93. The minimum Gasteiger partial charge on any atom is -0.378 e. The van der Waals surface area contributed by atoms with Gasteiger partial charge in [0.05, 0.1) is 17.8 Å². The van der Waals surface area contributed by atoms with Crippen molar-refractivity contribution in [2.75, 3.05) is 4.90 Å². The van der Waals surface area contributed by atoms with E-state index in [-0.39, 0.29) is 18.7 Å². The van der Waals surface area contributed by atoms with Crippen molar-refractivity contribution in [3.05, 3.63) is 63.6 Å². The number of oxime groups is 1. The van der Waals surface area contributed by atoms with Crippen LogP contribution >= 0.6 is 27.5 Å². The summed E-state index contributed by atoms with van der Waals surface area (Å²) >= 11 is 9.26. The number of rotatable bonds is 2. The van der Waals surface area contributed by atoms with Gasteiger partial charge in [0.2, 0.25) is 11.5 Å². The summed E-state index contributed by atoms with van der Waals surface area (Å²) in [5, 5.41) is 4.62. The first kappa shape index (κ1) is 16.3. The molecule has 2 aliphatic rings. The van der Waals surface area contributed by atoms with Crippen LogP contribution in [-0.4, -0.2) is 23.1 Å². The molecule has 0 bridgehead atoms. The monoisotopic (exact) mass is 418 g/mol. The molecule has 5 nitrogen and oxygen atoms in total. The number of amides is 2. The molecule has 0 radical (unpaired) electrons. The van der Waals surface area contributed by atoms with Crippen molar-refractivity contribution in [1.82, 2.24) is 0 Å². The van der Waals surface area contributed by atoms with Crippen molar-refractivity contribution in [3.8, 4) is 0 Å². The van der Waals surface area contributed by atoms with Gasteiger partial charge in [-0.15, -0.1) is 0 Å². The Hall–Kier alpha value is -2.18. The van der Waals surface area contributed by atoms with Crippen molar-refractivity contribution in [2.24, 2.45) is 5.16 Å². The first-order valence-corrected chi connectivity index (χ1v) is 8.80. The molecule has 0 N–H and O–H groups in total. The Balaban J connectivity index is 1.60. The number of hydrogen-bond donors (Lipinski definition) is 0. The Morgan fingerprint density at radius 1 is 1.04 bits per heavy atom. The van der Waals surface area contributed by atoms with E-state index in [9.17, 15) is 9.59 Å². The smallest absolute Gasteiger partial charge is 0.281 e. The molecule has 4 rings (SSSR count). The normalized spacial score (nSPS) is 22.5. The van der Waals surface area contributed by atoms with E-state index >= 15 is 0 Å². The lowest BCUT2D eigenvalue weighted by atomic mass is 9.93. The van der Waals surface area contributed by atoms with Crippen LogP contribution in [-0.2, 0) is 14.4 Å². The zero-order valence-corrected chi connectivity index (χ0v) is 15.3. The molecular formula is C18H12BrClN2O3. The van der Waals surface area contributed by atoms with Crippen LogP contribution in [0.5, 0.6) is 0 Å². The summed E-state index contributed by atoms with van der Waals surface area (Å²) in [5.41, 5.74) is 0.757. The number of hydrogen-bond acceptors (Lipinski definition) is 4. The van der Waals surface area contributed by atoms with Gasteiger partial charge in [-0.2, -0.15) is 0 Å². The second-order valence-electron chi connectivity index (χ2n) is 5.99. The molecule has 1 saturated heterocycles. The summed E-state index contributed by atoms with van der Waals surface area (Å²) in [7, 11) is 0.